The Morgan fingerprint density at radius 3 is 2.45 bits per heavy atom. The number of aromatic nitrogens is 3. The number of carbonyl (C=O) groups is 1. The Labute approximate surface area is 185 Å². The number of hydrogen-bond donors (Lipinski definition) is 2. The Morgan fingerprint density at radius 2 is 1.74 bits per heavy atom. The van der Waals surface area contributed by atoms with Crippen molar-refractivity contribution in [3.05, 3.63) is 59.8 Å². The summed E-state index contributed by atoms with van der Waals surface area (Å²) in [7, 11) is 0. The van der Waals surface area contributed by atoms with E-state index >= 15 is 0 Å². The van der Waals surface area contributed by atoms with Gasteiger partial charge in [-0.3, -0.25) is 4.79 Å². The molecule has 0 bridgehead atoms. The minimum Gasteiger partial charge on any atom is -0.411 e. The topological polar surface area (TPSA) is 83.8 Å². The molecule has 0 saturated carbocycles. The van der Waals surface area contributed by atoms with Crippen molar-refractivity contribution in [1.82, 2.24) is 15.2 Å². The van der Waals surface area contributed by atoms with Crippen LogP contribution in [0.4, 0.5) is 5.69 Å². The number of anilines is 1. The number of benzene rings is 2. The molecule has 0 aliphatic heterocycles. The van der Waals surface area contributed by atoms with E-state index in [9.17, 15) is 4.79 Å². The first-order chi connectivity index (χ1) is 14.9. The van der Waals surface area contributed by atoms with Crippen molar-refractivity contribution >= 4 is 34.3 Å². The van der Waals surface area contributed by atoms with Gasteiger partial charge in [-0.15, -0.1) is 10.2 Å². The number of aromatic amines is 1. The third kappa shape index (κ3) is 4.51. The average molecular weight is 435 g/mol. The van der Waals surface area contributed by atoms with Crippen LogP contribution in [0.2, 0.25) is 0 Å². The zero-order valence-electron chi connectivity index (χ0n) is 18.1. The Morgan fingerprint density at radius 1 is 1.03 bits per heavy atom. The molecule has 160 valence electrons. The number of thioether (sulfide) groups is 1. The lowest BCUT2D eigenvalue weighted by Gasteiger charge is -2.20. The van der Waals surface area contributed by atoms with Crippen LogP contribution in [0.5, 0.6) is 0 Å². The highest BCUT2D eigenvalue weighted by Crippen LogP contribution is 2.33. The Kier molecular flexibility index (Phi) is 6.13. The smallest absolute Gasteiger partial charge is 0.277 e. The van der Waals surface area contributed by atoms with Crippen LogP contribution in [0.1, 0.15) is 50.7 Å². The van der Waals surface area contributed by atoms with Crippen LogP contribution in [0.3, 0.4) is 0 Å². The van der Waals surface area contributed by atoms with Crippen molar-refractivity contribution < 1.29 is 9.21 Å². The number of carbonyl (C=O) groups excluding carboxylic acids is 1. The molecule has 0 spiro atoms. The fraction of sp³-hybridized carbons (Fsp3) is 0.292. The fourth-order valence-corrected chi connectivity index (χ4v) is 4.19. The van der Waals surface area contributed by atoms with Crippen molar-refractivity contribution in [1.29, 1.82) is 0 Å². The molecule has 0 atom stereocenters. The summed E-state index contributed by atoms with van der Waals surface area (Å²) >= 11 is 1.24. The van der Waals surface area contributed by atoms with Gasteiger partial charge in [0.2, 0.25) is 5.91 Å². The summed E-state index contributed by atoms with van der Waals surface area (Å²) in [6.07, 6.45) is 1.86. The quantitative estimate of drug-likeness (QED) is 0.339. The Bertz CT molecular complexity index is 1180. The molecule has 0 aliphatic rings. The number of amides is 1. The zero-order chi connectivity index (χ0) is 22.0. The van der Waals surface area contributed by atoms with Crippen LogP contribution in [-0.4, -0.2) is 26.8 Å². The minimum atomic E-state index is -0.0909. The predicted molar refractivity (Wildman–Crippen MR) is 126 cm³/mol. The molecule has 1 amide bonds. The van der Waals surface area contributed by atoms with E-state index in [4.69, 9.17) is 4.42 Å². The van der Waals surface area contributed by atoms with Gasteiger partial charge >= 0.3 is 0 Å². The molecule has 0 saturated heterocycles. The van der Waals surface area contributed by atoms with Gasteiger partial charge in [0.1, 0.15) is 0 Å². The van der Waals surface area contributed by atoms with E-state index in [1.165, 1.54) is 11.8 Å². The van der Waals surface area contributed by atoms with Gasteiger partial charge in [0.05, 0.1) is 11.3 Å². The molecule has 4 rings (SSSR count). The molecule has 2 aromatic carbocycles. The van der Waals surface area contributed by atoms with Crippen LogP contribution in [-0.2, 0) is 4.79 Å². The molecule has 0 radical (unpaired) electrons. The highest BCUT2D eigenvalue weighted by Gasteiger charge is 2.18. The molecule has 0 unspecified atom stereocenters. The first-order valence-electron chi connectivity index (χ1n) is 10.4. The molecule has 0 aliphatic carbocycles. The number of rotatable bonds is 7. The summed E-state index contributed by atoms with van der Waals surface area (Å²) in [6, 6.07) is 14.1. The van der Waals surface area contributed by atoms with E-state index in [1.54, 1.807) is 0 Å². The fourth-order valence-electron chi connectivity index (χ4n) is 3.62. The number of hydrogen-bond acceptors (Lipinski definition) is 5. The van der Waals surface area contributed by atoms with Gasteiger partial charge in [0.25, 0.3) is 11.1 Å². The van der Waals surface area contributed by atoms with E-state index < -0.39 is 0 Å². The van der Waals surface area contributed by atoms with Crippen LogP contribution in [0.15, 0.2) is 58.3 Å². The molecule has 4 aromatic rings. The third-order valence-electron chi connectivity index (χ3n) is 5.19. The Hall–Kier alpha value is -3.06. The second-order valence-corrected chi connectivity index (χ2v) is 9.01. The zero-order valence-corrected chi connectivity index (χ0v) is 18.9. The summed E-state index contributed by atoms with van der Waals surface area (Å²) in [5.41, 5.74) is 5.07. The summed E-state index contributed by atoms with van der Waals surface area (Å²) in [5, 5.41) is 12.8. The van der Waals surface area contributed by atoms with Gasteiger partial charge in [0.15, 0.2) is 0 Å². The molecule has 31 heavy (non-hydrogen) atoms. The third-order valence-corrected chi connectivity index (χ3v) is 6.01. The number of nitrogens with zero attached hydrogens (tertiary/aromatic N) is 2. The maximum absolute atomic E-state index is 12.7. The van der Waals surface area contributed by atoms with Crippen molar-refractivity contribution in [2.75, 3.05) is 11.1 Å². The largest absolute Gasteiger partial charge is 0.411 e. The average Bonchev–Trinajstić information content (AvgIpc) is 3.38. The number of fused-ring (bicyclic) bond motifs is 1. The molecule has 6 nitrogen and oxygen atoms in total. The molecular weight excluding hydrogens is 408 g/mol. The maximum Gasteiger partial charge on any atom is 0.277 e. The second-order valence-electron chi connectivity index (χ2n) is 8.08. The summed E-state index contributed by atoms with van der Waals surface area (Å²) in [4.78, 5) is 15.9. The summed E-state index contributed by atoms with van der Waals surface area (Å²) < 4.78 is 5.80. The standard InChI is InChI=1S/C24H26N4O2S/c1-14(2)16-9-7-10-17(15(3)4)22(16)26-21(29)13-31-24-28-27-23(30-24)19-12-25-20-11-6-5-8-18(19)20/h5-12,14-15,25H,13H2,1-4H3,(H,26,29). The highest BCUT2D eigenvalue weighted by atomic mass is 32.2. The highest BCUT2D eigenvalue weighted by molar-refractivity contribution is 7.99. The van der Waals surface area contributed by atoms with Crippen LogP contribution in [0.25, 0.3) is 22.4 Å². The molecule has 7 heteroatoms. The van der Waals surface area contributed by atoms with Gasteiger partial charge in [-0.25, -0.2) is 0 Å². The molecule has 2 N–H and O–H groups in total. The van der Waals surface area contributed by atoms with Crippen LogP contribution >= 0.6 is 11.8 Å². The van der Waals surface area contributed by atoms with Crippen molar-refractivity contribution in [3.8, 4) is 11.5 Å². The van der Waals surface area contributed by atoms with E-state index in [0.717, 1.165) is 33.3 Å². The van der Waals surface area contributed by atoms with Crippen LogP contribution in [0, 0.1) is 0 Å². The molecule has 0 fully saturated rings. The first-order valence-corrected chi connectivity index (χ1v) is 11.4. The van der Waals surface area contributed by atoms with E-state index in [1.807, 2.05) is 30.5 Å². The SMILES string of the molecule is CC(C)c1cccc(C(C)C)c1NC(=O)CSc1nnc(-c2c[nH]c3ccccc23)o1. The molecular formula is C24H26N4O2S. The lowest BCUT2D eigenvalue weighted by Crippen LogP contribution is -2.17. The van der Waals surface area contributed by atoms with Crippen LogP contribution < -0.4 is 5.32 Å². The van der Waals surface area contributed by atoms with Crippen molar-refractivity contribution in [2.45, 2.75) is 44.8 Å². The second kappa shape index (κ2) is 8.98. The normalized spacial score (nSPS) is 11.5. The first kappa shape index (κ1) is 21.2. The van der Waals surface area contributed by atoms with E-state index in [2.05, 4.69) is 66.4 Å². The summed E-state index contributed by atoms with van der Waals surface area (Å²) in [5.74, 6) is 1.17. The van der Waals surface area contributed by atoms with Gasteiger partial charge in [-0.2, -0.15) is 0 Å². The van der Waals surface area contributed by atoms with Crippen molar-refractivity contribution in [2.24, 2.45) is 0 Å². The van der Waals surface area contributed by atoms with E-state index in [-0.39, 0.29) is 11.7 Å². The van der Waals surface area contributed by atoms with E-state index in [0.29, 0.717) is 22.9 Å². The molecule has 2 aromatic heterocycles. The predicted octanol–water partition coefficient (Wildman–Crippen LogP) is 6.20. The van der Waals surface area contributed by atoms with Gasteiger partial charge in [-0.05, 0) is 29.0 Å². The van der Waals surface area contributed by atoms with Gasteiger partial charge in [-0.1, -0.05) is 75.9 Å². The molecule has 2 heterocycles. The maximum atomic E-state index is 12.7. The Balaban J connectivity index is 1.46. The summed E-state index contributed by atoms with van der Waals surface area (Å²) in [6.45, 7) is 8.53. The van der Waals surface area contributed by atoms with Gasteiger partial charge < -0.3 is 14.7 Å². The number of para-hydroxylation sites is 2. The monoisotopic (exact) mass is 434 g/mol. The lowest BCUT2D eigenvalue weighted by atomic mass is 9.92. The number of nitrogens with one attached hydrogen (secondary N) is 2. The number of H-pyrrole nitrogens is 1. The van der Waals surface area contributed by atoms with Crippen molar-refractivity contribution in [3.63, 3.8) is 0 Å². The lowest BCUT2D eigenvalue weighted by molar-refractivity contribution is -0.113. The minimum absolute atomic E-state index is 0.0909. The van der Waals surface area contributed by atoms with Gasteiger partial charge in [0, 0.05) is 22.8 Å².